The van der Waals surface area contributed by atoms with Gasteiger partial charge in [0, 0.05) is 18.6 Å². The zero-order chi connectivity index (χ0) is 13.8. The molecular weight excluding hydrogens is 236 g/mol. The number of rotatable bonds is 5. The molecule has 106 valence electrons. The third kappa shape index (κ3) is 3.28. The maximum Gasteiger partial charge on any atom is 0.119 e. The zero-order valence-corrected chi connectivity index (χ0v) is 12.3. The summed E-state index contributed by atoms with van der Waals surface area (Å²) >= 11 is 0. The standard InChI is InChI=1S/C16H26N2O/c1-4-13-8-9-18(11-13)16(12(2)17)14-6-5-7-15(10-14)19-3/h5-7,10,12-13,16H,4,8-9,11,17H2,1-3H3. The van der Waals surface area contributed by atoms with Crippen molar-refractivity contribution in [1.29, 1.82) is 0 Å². The number of benzene rings is 1. The first kappa shape index (κ1) is 14.4. The summed E-state index contributed by atoms with van der Waals surface area (Å²) in [6.07, 6.45) is 2.56. The minimum atomic E-state index is 0.128. The molecule has 0 radical (unpaired) electrons. The molecule has 2 rings (SSSR count). The SMILES string of the molecule is CCC1CCN(C(c2cccc(OC)c2)C(C)N)C1. The van der Waals surface area contributed by atoms with E-state index in [1.807, 2.05) is 6.07 Å². The first-order valence-corrected chi connectivity index (χ1v) is 7.29. The van der Waals surface area contributed by atoms with E-state index in [1.54, 1.807) is 7.11 Å². The quantitative estimate of drug-likeness (QED) is 0.887. The zero-order valence-electron chi connectivity index (χ0n) is 12.3. The number of hydrogen-bond donors (Lipinski definition) is 1. The normalized spacial score (nSPS) is 23.3. The van der Waals surface area contributed by atoms with Gasteiger partial charge in [-0.3, -0.25) is 4.90 Å². The summed E-state index contributed by atoms with van der Waals surface area (Å²) in [5.74, 6) is 1.74. The van der Waals surface area contributed by atoms with Crippen molar-refractivity contribution in [3.63, 3.8) is 0 Å². The second-order valence-corrected chi connectivity index (χ2v) is 5.64. The fourth-order valence-electron chi connectivity index (χ4n) is 3.12. The van der Waals surface area contributed by atoms with E-state index in [0.29, 0.717) is 6.04 Å². The first-order chi connectivity index (χ1) is 9.15. The molecule has 1 aromatic rings. The summed E-state index contributed by atoms with van der Waals surface area (Å²) in [5, 5.41) is 0. The van der Waals surface area contributed by atoms with Gasteiger partial charge in [-0.1, -0.05) is 25.5 Å². The van der Waals surface area contributed by atoms with Crippen LogP contribution < -0.4 is 10.5 Å². The summed E-state index contributed by atoms with van der Waals surface area (Å²) < 4.78 is 5.33. The lowest BCUT2D eigenvalue weighted by Gasteiger charge is -2.31. The number of nitrogens with zero attached hydrogens (tertiary/aromatic N) is 1. The Hall–Kier alpha value is -1.06. The Morgan fingerprint density at radius 3 is 2.84 bits per heavy atom. The first-order valence-electron chi connectivity index (χ1n) is 7.29. The third-order valence-corrected chi connectivity index (χ3v) is 4.22. The van der Waals surface area contributed by atoms with Crippen molar-refractivity contribution < 1.29 is 4.74 Å². The summed E-state index contributed by atoms with van der Waals surface area (Å²) in [5.41, 5.74) is 7.51. The van der Waals surface area contributed by atoms with Gasteiger partial charge in [0.05, 0.1) is 7.11 Å². The highest BCUT2D eigenvalue weighted by Gasteiger charge is 2.30. The predicted molar refractivity (Wildman–Crippen MR) is 79.4 cm³/mol. The Balaban J connectivity index is 2.20. The van der Waals surface area contributed by atoms with E-state index in [4.69, 9.17) is 10.5 Å². The highest BCUT2D eigenvalue weighted by Crippen LogP contribution is 2.32. The van der Waals surface area contributed by atoms with Crippen LogP contribution in [0.25, 0.3) is 0 Å². The van der Waals surface area contributed by atoms with E-state index in [1.165, 1.54) is 24.9 Å². The summed E-state index contributed by atoms with van der Waals surface area (Å²) in [6, 6.07) is 8.75. The van der Waals surface area contributed by atoms with E-state index in [0.717, 1.165) is 18.2 Å². The van der Waals surface area contributed by atoms with Crippen LogP contribution in [0.1, 0.15) is 38.3 Å². The molecule has 3 heteroatoms. The number of nitrogens with two attached hydrogens (primary N) is 1. The highest BCUT2D eigenvalue weighted by molar-refractivity contribution is 5.31. The van der Waals surface area contributed by atoms with E-state index >= 15 is 0 Å². The van der Waals surface area contributed by atoms with Gasteiger partial charge in [0.25, 0.3) is 0 Å². The molecule has 0 aliphatic carbocycles. The number of ether oxygens (including phenoxy) is 1. The molecule has 0 saturated carbocycles. The average molecular weight is 262 g/mol. The van der Waals surface area contributed by atoms with Gasteiger partial charge in [0.2, 0.25) is 0 Å². The van der Waals surface area contributed by atoms with Crippen LogP contribution >= 0.6 is 0 Å². The van der Waals surface area contributed by atoms with Crippen molar-refractivity contribution in [2.75, 3.05) is 20.2 Å². The molecule has 1 heterocycles. The predicted octanol–water partition coefficient (Wildman–Crippen LogP) is 2.82. The van der Waals surface area contributed by atoms with E-state index < -0.39 is 0 Å². The van der Waals surface area contributed by atoms with Gasteiger partial charge in [-0.15, -0.1) is 0 Å². The summed E-state index contributed by atoms with van der Waals surface area (Å²) in [6.45, 7) is 6.70. The van der Waals surface area contributed by atoms with Gasteiger partial charge in [-0.05, 0) is 43.5 Å². The van der Waals surface area contributed by atoms with Gasteiger partial charge in [-0.25, -0.2) is 0 Å². The van der Waals surface area contributed by atoms with E-state index in [-0.39, 0.29) is 6.04 Å². The van der Waals surface area contributed by atoms with Crippen molar-refractivity contribution in [3.8, 4) is 5.75 Å². The smallest absolute Gasteiger partial charge is 0.119 e. The van der Waals surface area contributed by atoms with Gasteiger partial charge in [-0.2, -0.15) is 0 Å². The van der Waals surface area contributed by atoms with Crippen molar-refractivity contribution in [1.82, 2.24) is 4.90 Å². The second-order valence-electron chi connectivity index (χ2n) is 5.64. The van der Waals surface area contributed by atoms with E-state index in [9.17, 15) is 0 Å². The maximum absolute atomic E-state index is 6.24. The molecule has 1 aliphatic heterocycles. The molecule has 0 amide bonds. The minimum absolute atomic E-state index is 0.128. The highest BCUT2D eigenvalue weighted by atomic mass is 16.5. The molecule has 1 aromatic carbocycles. The second kappa shape index (κ2) is 6.40. The maximum atomic E-state index is 6.24. The van der Waals surface area contributed by atoms with Crippen molar-refractivity contribution in [3.05, 3.63) is 29.8 Å². The molecule has 0 bridgehead atoms. The number of hydrogen-bond acceptors (Lipinski definition) is 3. The largest absolute Gasteiger partial charge is 0.497 e. The fourth-order valence-corrected chi connectivity index (χ4v) is 3.12. The Labute approximate surface area is 116 Å². The molecule has 2 N–H and O–H groups in total. The van der Waals surface area contributed by atoms with E-state index in [2.05, 4.69) is 36.9 Å². The molecule has 1 aliphatic rings. The molecule has 3 unspecified atom stereocenters. The third-order valence-electron chi connectivity index (χ3n) is 4.22. The molecule has 3 atom stereocenters. The molecule has 1 fully saturated rings. The average Bonchev–Trinajstić information content (AvgIpc) is 2.87. The van der Waals surface area contributed by atoms with Gasteiger partial charge in [0.1, 0.15) is 5.75 Å². The minimum Gasteiger partial charge on any atom is -0.497 e. The van der Waals surface area contributed by atoms with Crippen LogP contribution in [0.5, 0.6) is 5.75 Å². The van der Waals surface area contributed by atoms with Gasteiger partial charge >= 0.3 is 0 Å². The lowest BCUT2D eigenvalue weighted by Crippen LogP contribution is -2.38. The van der Waals surface area contributed by atoms with Crippen LogP contribution in [0.4, 0.5) is 0 Å². The molecule has 19 heavy (non-hydrogen) atoms. The van der Waals surface area contributed by atoms with Crippen LogP contribution in [0.2, 0.25) is 0 Å². The Kier molecular flexibility index (Phi) is 4.83. The fraction of sp³-hybridized carbons (Fsp3) is 0.625. The molecular formula is C16H26N2O. The van der Waals surface area contributed by atoms with Crippen molar-refractivity contribution >= 4 is 0 Å². The lowest BCUT2D eigenvalue weighted by molar-refractivity contribution is 0.210. The lowest BCUT2D eigenvalue weighted by atomic mass is 9.99. The van der Waals surface area contributed by atoms with Gasteiger partial charge < -0.3 is 10.5 Å². The summed E-state index contributed by atoms with van der Waals surface area (Å²) in [7, 11) is 1.71. The monoisotopic (exact) mass is 262 g/mol. The van der Waals surface area contributed by atoms with Crippen molar-refractivity contribution in [2.24, 2.45) is 11.7 Å². The summed E-state index contributed by atoms with van der Waals surface area (Å²) in [4.78, 5) is 2.54. The topological polar surface area (TPSA) is 38.5 Å². The number of methoxy groups -OCH3 is 1. The van der Waals surface area contributed by atoms with Crippen LogP contribution in [-0.4, -0.2) is 31.1 Å². The van der Waals surface area contributed by atoms with Crippen LogP contribution in [0.15, 0.2) is 24.3 Å². The molecule has 0 spiro atoms. The van der Waals surface area contributed by atoms with Crippen molar-refractivity contribution in [2.45, 2.75) is 38.8 Å². The molecule has 1 saturated heterocycles. The van der Waals surface area contributed by atoms with Gasteiger partial charge in [0.15, 0.2) is 0 Å². The Morgan fingerprint density at radius 1 is 1.47 bits per heavy atom. The Morgan fingerprint density at radius 2 is 2.26 bits per heavy atom. The Bertz CT molecular complexity index is 405. The van der Waals surface area contributed by atoms with Crippen LogP contribution in [0.3, 0.4) is 0 Å². The number of likely N-dealkylation sites (tertiary alicyclic amines) is 1. The molecule has 0 aromatic heterocycles. The molecule has 3 nitrogen and oxygen atoms in total. The van der Waals surface area contributed by atoms with Crippen LogP contribution in [0, 0.1) is 5.92 Å². The van der Waals surface area contributed by atoms with Crippen LogP contribution in [-0.2, 0) is 0 Å².